The fourth-order valence-electron chi connectivity index (χ4n) is 3.04. The molecule has 2 unspecified atom stereocenters. The molecule has 0 heterocycles. The number of benzene rings is 1. The molecule has 0 saturated heterocycles. The molecule has 2 rings (SSSR count). The van der Waals surface area contributed by atoms with Gasteiger partial charge < -0.3 is 10.1 Å². The first-order valence-electron chi connectivity index (χ1n) is 8.18. The standard InChI is InChI=1S/C18H27NO2/c1-3-7-15-9-4-5-11-17(15)19-18(20)13-21-16-10-6-8-14(2)12-16/h4-5,9,11,14,16H,3,6-8,10,12-13H2,1-2H3,(H,19,20). The summed E-state index contributed by atoms with van der Waals surface area (Å²) in [5.74, 6) is 0.675. The van der Waals surface area contributed by atoms with Gasteiger partial charge in [0, 0.05) is 5.69 Å². The molecule has 1 fully saturated rings. The van der Waals surface area contributed by atoms with E-state index in [-0.39, 0.29) is 18.6 Å². The van der Waals surface area contributed by atoms with Crippen LogP contribution in [0, 0.1) is 5.92 Å². The highest BCUT2D eigenvalue weighted by Gasteiger charge is 2.20. The number of carbonyl (C=O) groups is 1. The van der Waals surface area contributed by atoms with Gasteiger partial charge in [-0.3, -0.25) is 4.79 Å². The van der Waals surface area contributed by atoms with Gasteiger partial charge in [-0.2, -0.15) is 0 Å². The third-order valence-electron chi connectivity index (χ3n) is 4.15. The Kier molecular flexibility index (Phi) is 6.24. The van der Waals surface area contributed by atoms with Gasteiger partial charge in [0.1, 0.15) is 6.61 Å². The number of rotatable bonds is 6. The van der Waals surface area contributed by atoms with Crippen molar-refractivity contribution in [3.05, 3.63) is 29.8 Å². The third-order valence-corrected chi connectivity index (χ3v) is 4.15. The van der Waals surface area contributed by atoms with E-state index in [1.54, 1.807) is 0 Å². The molecule has 2 atom stereocenters. The van der Waals surface area contributed by atoms with Gasteiger partial charge in [-0.15, -0.1) is 0 Å². The molecule has 1 aromatic carbocycles. The maximum Gasteiger partial charge on any atom is 0.250 e. The summed E-state index contributed by atoms with van der Waals surface area (Å²) in [6.07, 6.45) is 6.98. The summed E-state index contributed by atoms with van der Waals surface area (Å²) in [7, 11) is 0. The highest BCUT2D eigenvalue weighted by molar-refractivity contribution is 5.92. The van der Waals surface area contributed by atoms with Crippen molar-refractivity contribution < 1.29 is 9.53 Å². The molecule has 1 amide bonds. The topological polar surface area (TPSA) is 38.3 Å². The third kappa shape index (κ3) is 5.16. The molecule has 1 aliphatic rings. The van der Waals surface area contributed by atoms with Gasteiger partial charge in [-0.1, -0.05) is 51.3 Å². The van der Waals surface area contributed by atoms with Crippen molar-refractivity contribution in [1.82, 2.24) is 0 Å². The van der Waals surface area contributed by atoms with Gasteiger partial charge in [0.15, 0.2) is 0 Å². The minimum Gasteiger partial charge on any atom is -0.368 e. The summed E-state index contributed by atoms with van der Waals surface area (Å²) < 4.78 is 5.78. The molecule has 3 heteroatoms. The zero-order valence-corrected chi connectivity index (χ0v) is 13.2. The van der Waals surface area contributed by atoms with Crippen molar-refractivity contribution in [3.63, 3.8) is 0 Å². The van der Waals surface area contributed by atoms with Crippen molar-refractivity contribution in [1.29, 1.82) is 0 Å². The van der Waals surface area contributed by atoms with E-state index in [0.717, 1.165) is 37.3 Å². The fraction of sp³-hybridized carbons (Fsp3) is 0.611. The predicted molar refractivity (Wildman–Crippen MR) is 86.4 cm³/mol. The summed E-state index contributed by atoms with van der Waals surface area (Å²) in [6, 6.07) is 8.01. The van der Waals surface area contributed by atoms with Crippen LogP contribution in [0.1, 0.15) is 51.5 Å². The van der Waals surface area contributed by atoms with Crippen molar-refractivity contribution in [2.45, 2.75) is 58.5 Å². The highest BCUT2D eigenvalue weighted by atomic mass is 16.5. The molecular formula is C18H27NO2. The largest absolute Gasteiger partial charge is 0.368 e. The van der Waals surface area contributed by atoms with Gasteiger partial charge in [0.2, 0.25) is 5.91 Å². The van der Waals surface area contributed by atoms with Crippen LogP contribution in [0.4, 0.5) is 5.69 Å². The van der Waals surface area contributed by atoms with Crippen LogP contribution in [0.3, 0.4) is 0 Å². The molecule has 1 N–H and O–H groups in total. The summed E-state index contributed by atoms with van der Waals surface area (Å²) in [5.41, 5.74) is 2.12. The molecule has 0 radical (unpaired) electrons. The van der Waals surface area contributed by atoms with Gasteiger partial charge in [0.05, 0.1) is 6.10 Å². The molecule has 1 saturated carbocycles. The number of ether oxygens (including phenoxy) is 1. The Hall–Kier alpha value is -1.35. The fourth-order valence-corrected chi connectivity index (χ4v) is 3.04. The lowest BCUT2D eigenvalue weighted by molar-refractivity contribution is -0.123. The number of aryl methyl sites for hydroxylation is 1. The zero-order chi connectivity index (χ0) is 15.1. The van der Waals surface area contributed by atoms with E-state index in [0.29, 0.717) is 0 Å². The number of nitrogens with one attached hydrogen (secondary N) is 1. The summed E-state index contributed by atoms with van der Waals surface area (Å²) in [6.45, 7) is 4.57. The average molecular weight is 289 g/mol. The maximum absolute atomic E-state index is 12.1. The number of amides is 1. The number of hydrogen-bond acceptors (Lipinski definition) is 2. The first-order chi connectivity index (χ1) is 10.2. The van der Waals surface area contributed by atoms with Gasteiger partial charge in [-0.25, -0.2) is 0 Å². The van der Waals surface area contributed by atoms with E-state index >= 15 is 0 Å². The summed E-state index contributed by atoms with van der Waals surface area (Å²) in [5, 5.41) is 2.98. The van der Waals surface area contributed by atoms with Crippen LogP contribution in [-0.2, 0) is 16.0 Å². The highest BCUT2D eigenvalue weighted by Crippen LogP contribution is 2.25. The molecule has 1 aromatic rings. The molecule has 0 aromatic heterocycles. The van der Waals surface area contributed by atoms with E-state index in [4.69, 9.17) is 4.74 Å². The molecule has 0 aliphatic heterocycles. The average Bonchev–Trinajstić information content (AvgIpc) is 2.48. The summed E-state index contributed by atoms with van der Waals surface area (Å²) in [4.78, 5) is 12.1. The number of para-hydroxylation sites is 1. The Morgan fingerprint density at radius 1 is 1.33 bits per heavy atom. The molecule has 116 valence electrons. The molecule has 3 nitrogen and oxygen atoms in total. The molecular weight excluding hydrogens is 262 g/mol. The minimum absolute atomic E-state index is 0.0446. The maximum atomic E-state index is 12.1. The quantitative estimate of drug-likeness (QED) is 0.853. The second-order valence-electron chi connectivity index (χ2n) is 6.16. The minimum atomic E-state index is -0.0446. The Balaban J connectivity index is 1.81. The SMILES string of the molecule is CCCc1ccccc1NC(=O)COC1CCCC(C)C1. The van der Waals surface area contributed by atoms with Crippen molar-refractivity contribution >= 4 is 11.6 Å². The number of hydrogen-bond donors (Lipinski definition) is 1. The lowest BCUT2D eigenvalue weighted by atomic mass is 9.89. The van der Waals surface area contributed by atoms with Crippen LogP contribution in [0.2, 0.25) is 0 Å². The van der Waals surface area contributed by atoms with Crippen LogP contribution in [0.25, 0.3) is 0 Å². The lowest BCUT2D eigenvalue weighted by Gasteiger charge is -2.26. The Morgan fingerprint density at radius 2 is 2.14 bits per heavy atom. The normalized spacial score (nSPS) is 22.0. The van der Waals surface area contributed by atoms with Crippen LogP contribution >= 0.6 is 0 Å². The van der Waals surface area contributed by atoms with Gasteiger partial charge in [-0.05, 0) is 36.8 Å². The lowest BCUT2D eigenvalue weighted by Crippen LogP contribution is -2.27. The monoisotopic (exact) mass is 289 g/mol. The molecule has 0 bridgehead atoms. The smallest absolute Gasteiger partial charge is 0.250 e. The van der Waals surface area contributed by atoms with E-state index in [2.05, 4.69) is 25.2 Å². The van der Waals surface area contributed by atoms with Crippen LogP contribution in [0.5, 0.6) is 0 Å². The molecule has 1 aliphatic carbocycles. The number of anilines is 1. The second-order valence-corrected chi connectivity index (χ2v) is 6.16. The second kappa shape index (κ2) is 8.18. The number of carbonyl (C=O) groups excluding carboxylic acids is 1. The van der Waals surface area contributed by atoms with E-state index in [1.165, 1.54) is 18.4 Å². The van der Waals surface area contributed by atoms with Crippen molar-refractivity contribution in [2.75, 3.05) is 11.9 Å². The van der Waals surface area contributed by atoms with Gasteiger partial charge in [0.25, 0.3) is 0 Å². The van der Waals surface area contributed by atoms with E-state index in [9.17, 15) is 4.79 Å². The first-order valence-corrected chi connectivity index (χ1v) is 8.18. The molecule has 0 spiro atoms. The van der Waals surface area contributed by atoms with Crippen LogP contribution < -0.4 is 5.32 Å². The first kappa shape index (κ1) is 16.0. The molecule has 21 heavy (non-hydrogen) atoms. The predicted octanol–water partition coefficient (Wildman–Crippen LogP) is 4.17. The Morgan fingerprint density at radius 3 is 2.90 bits per heavy atom. The van der Waals surface area contributed by atoms with E-state index < -0.39 is 0 Å². The Bertz CT molecular complexity index is 458. The Labute approximate surface area is 128 Å². The van der Waals surface area contributed by atoms with Gasteiger partial charge >= 0.3 is 0 Å². The van der Waals surface area contributed by atoms with Crippen molar-refractivity contribution in [2.24, 2.45) is 5.92 Å². The van der Waals surface area contributed by atoms with Crippen LogP contribution in [-0.4, -0.2) is 18.6 Å². The van der Waals surface area contributed by atoms with Crippen molar-refractivity contribution in [3.8, 4) is 0 Å². The zero-order valence-electron chi connectivity index (χ0n) is 13.2. The van der Waals surface area contributed by atoms with Crippen LogP contribution in [0.15, 0.2) is 24.3 Å². The summed E-state index contributed by atoms with van der Waals surface area (Å²) >= 11 is 0. The van der Waals surface area contributed by atoms with E-state index in [1.807, 2.05) is 18.2 Å².